The second-order valence-corrected chi connectivity index (χ2v) is 2.09. The minimum atomic E-state index is -3.36. The molecule has 0 N–H and O–H groups in total. The second kappa shape index (κ2) is 2.96. The van der Waals surface area contributed by atoms with Crippen molar-refractivity contribution < 1.29 is 22.8 Å². The van der Waals surface area contributed by atoms with Gasteiger partial charge in [0.05, 0.1) is 0 Å². The van der Waals surface area contributed by atoms with Crippen LogP contribution in [0, 0.1) is 0 Å². The van der Waals surface area contributed by atoms with Crippen LogP contribution < -0.4 is 0 Å². The Balaban J connectivity index is 2.76. The smallest absolute Gasteiger partial charge is 0.269 e. The SMILES string of the molecule is O=C1C=CC(=O)N1C(F)C(F)F. The fourth-order valence-electron chi connectivity index (χ4n) is 0.768. The number of carbonyl (C=O) groups excluding carboxylic acids is 2. The molecule has 66 valence electrons. The molecule has 0 saturated carbocycles. The molecule has 6 heteroatoms. The van der Waals surface area contributed by atoms with Crippen LogP contribution in [0.5, 0.6) is 0 Å². The molecule has 1 heterocycles. The van der Waals surface area contributed by atoms with Gasteiger partial charge in [-0.1, -0.05) is 0 Å². The van der Waals surface area contributed by atoms with Crippen molar-refractivity contribution in [1.29, 1.82) is 0 Å². The zero-order chi connectivity index (χ0) is 9.30. The highest BCUT2D eigenvalue weighted by atomic mass is 19.3. The summed E-state index contributed by atoms with van der Waals surface area (Å²) in [5.74, 6) is -2.10. The first kappa shape index (κ1) is 8.76. The Kier molecular flexibility index (Phi) is 2.16. The zero-order valence-corrected chi connectivity index (χ0v) is 5.71. The van der Waals surface area contributed by atoms with Gasteiger partial charge in [0.1, 0.15) is 0 Å². The monoisotopic (exact) mass is 179 g/mol. The first-order valence-corrected chi connectivity index (χ1v) is 3.01. The highest BCUT2D eigenvalue weighted by Gasteiger charge is 2.36. The zero-order valence-electron chi connectivity index (χ0n) is 5.71. The summed E-state index contributed by atoms with van der Waals surface area (Å²) in [4.78, 5) is 21.0. The van der Waals surface area contributed by atoms with Gasteiger partial charge in [-0.25, -0.2) is 18.1 Å². The van der Waals surface area contributed by atoms with Crippen molar-refractivity contribution in [2.24, 2.45) is 0 Å². The molecule has 1 aliphatic rings. The number of hydrogen-bond acceptors (Lipinski definition) is 2. The molecule has 0 bridgehead atoms. The highest BCUT2D eigenvalue weighted by molar-refractivity contribution is 6.13. The molecule has 0 saturated heterocycles. The van der Waals surface area contributed by atoms with Gasteiger partial charge >= 0.3 is 0 Å². The number of carbonyl (C=O) groups is 2. The van der Waals surface area contributed by atoms with Gasteiger partial charge in [0.25, 0.3) is 18.2 Å². The number of nitrogens with zero attached hydrogens (tertiary/aromatic N) is 1. The first-order chi connectivity index (χ1) is 5.54. The third-order valence-electron chi connectivity index (χ3n) is 1.30. The van der Waals surface area contributed by atoms with Crippen molar-refractivity contribution in [2.45, 2.75) is 12.7 Å². The van der Waals surface area contributed by atoms with Crippen molar-refractivity contribution in [2.75, 3.05) is 0 Å². The lowest BCUT2D eigenvalue weighted by Crippen LogP contribution is -2.41. The van der Waals surface area contributed by atoms with Crippen molar-refractivity contribution in [3.8, 4) is 0 Å². The van der Waals surface area contributed by atoms with E-state index in [0.29, 0.717) is 0 Å². The molecule has 0 spiro atoms. The van der Waals surface area contributed by atoms with Gasteiger partial charge in [-0.2, -0.15) is 0 Å². The molecule has 0 aromatic carbocycles. The fourth-order valence-corrected chi connectivity index (χ4v) is 0.768. The van der Waals surface area contributed by atoms with E-state index in [1.54, 1.807) is 0 Å². The molecule has 0 radical (unpaired) electrons. The van der Waals surface area contributed by atoms with Crippen LogP contribution in [0.15, 0.2) is 12.2 Å². The molecule has 0 aliphatic carbocycles. The lowest BCUT2D eigenvalue weighted by Gasteiger charge is -2.17. The van der Waals surface area contributed by atoms with E-state index >= 15 is 0 Å². The molecular weight excluding hydrogens is 175 g/mol. The largest absolute Gasteiger partial charge is 0.288 e. The Labute approximate surface area is 65.4 Å². The van der Waals surface area contributed by atoms with E-state index in [2.05, 4.69) is 0 Å². The summed E-state index contributed by atoms with van der Waals surface area (Å²) in [7, 11) is 0. The Morgan fingerprint density at radius 1 is 1.08 bits per heavy atom. The van der Waals surface area contributed by atoms with Crippen molar-refractivity contribution in [3.05, 3.63) is 12.2 Å². The Morgan fingerprint density at radius 3 is 1.83 bits per heavy atom. The lowest BCUT2D eigenvalue weighted by molar-refractivity contribution is -0.150. The van der Waals surface area contributed by atoms with E-state index in [1.165, 1.54) is 0 Å². The van der Waals surface area contributed by atoms with Crippen molar-refractivity contribution in [3.63, 3.8) is 0 Å². The van der Waals surface area contributed by atoms with E-state index < -0.39 is 24.5 Å². The molecular formula is C6H4F3NO2. The predicted molar refractivity (Wildman–Crippen MR) is 31.9 cm³/mol. The Bertz CT molecular complexity index is 233. The number of hydrogen-bond donors (Lipinski definition) is 0. The molecule has 1 atom stereocenters. The van der Waals surface area contributed by atoms with Gasteiger partial charge in [0.15, 0.2) is 0 Å². The number of amides is 2. The molecule has 3 nitrogen and oxygen atoms in total. The standard InChI is InChI=1S/C6H4F3NO2/c7-5(8)6(9)10-3(11)1-2-4(10)12/h1-2,5-6H. The quantitative estimate of drug-likeness (QED) is 0.456. The third-order valence-corrected chi connectivity index (χ3v) is 1.30. The molecule has 0 aromatic heterocycles. The van der Waals surface area contributed by atoms with E-state index in [1.807, 2.05) is 0 Å². The average Bonchev–Trinajstić information content (AvgIpc) is 2.30. The van der Waals surface area contributed by atoms with Gasteiger partial charge in [-0.3, -0.25) is 9.59 Å². The molecule has 0 aromatic rings. The average molecular weight is 179 g/mol. The number of halogens is 3. The molecule has 0 fully saturated rings. The summed E-state index contributed by atoms with van der Waals surface area (Å²) >= 11 is 0. The lowest BCUT2D eigenvalue weighted by atomic mass is 10.5. The summed E-state index contributed by atoms with van der Waals surface area (Å²) in [5, 5.41) is 0. The Hall–Kier alpha value is -1.33. The third kappa shape index (κ3) is 1.32. The summed E-state index contributed by atoms with van der Waals surface area (Å²) in [6, 6.07) is 0. The minimum absolute atomic E-state index is 0.120. The van der Waals surface area contributed by atoms with Crippen molar-refractivity contribution in [1.82, 2.24) is 4.90 Å². The van der Waals surface area contributed by atoms with Gasteiger partial charge < -0.3 is 0 Å². The molecule has 12 heavy (non-hydrogen) atoms. The van der Waals surface area contributed by atoms with Gasteiger partial charge in [-0.05, 0) is 0 Å². The van der Waals surface area contributed by atoms with Crippen LogP contribution in [0.4, 0.5) is 13.2 Å². The van der Waals surface area contributed by atoms with E-state index in [4.69, 9.17) is 0 Å². The second-order valence-electron chi connectivity index (χ2n) is 2.09. The van der Waals surface area contributed by atoms with Gasteiger partial charge in [0, 0.05) is 12.2 Å². The maximum Gasteiger partial charge on any atom is 0.288 e. The molecule has 2 amide bonds. The number of imide groups is 1. The summed E-state index contributed by atoms with van der Waals surface area (Å²) in [6.07, 6.45) is -4.72. The molecule has 1 unspecified atom stereocenters. The maximum absolute atomic E-state index is 12.4. The van der Waals surface area contributed by atoms with E-state index in [9.17, 15) is 22.8 Å². The van der Waals surface area contributed by atoms with E-state index in [-0.39, 0.29) is 4.90 Å². The van der Waals surface area contributed by atoms with Gasteiger partial charge in [-0.15, -0.1) is 0 Å². The van der Waals surface area contributed by atoms with Crippen molar-refractivity contribution >= 4 is 11.8 Å². The predicted octanol–water partition coefficient (Wildman–Crippen LogP) is 0.472. The van der Waals surface area contributed by atoms with Gasteiger partial charge in [0.2, 0.25) is 6.30 Å². The fraction of sp³-hybridized carbons (Fsp3) is 0.333. The van der Waals surface area contributed by atoms with Crippen LogP contribution >= 0.6 is 0 Å². The summed E-state index contributed by atoms with van der Waals surface area (Å²) in [5.41, 5.74) is 0. The normalized spacial score (nSPS) is 19.5. The van der Waals surface area contributed by atoms with Crippen LogP contribution in [0.3, 0.4) is 0 Å². The highest BCUT2D eigenvalue weighted by Crippen LogP contribution is 2.15. The van der Waals surface area contributed by atoms with E-state index in [0.717, 1.165) is 12.2 Å². The topological polar surface area (TPSA) is 37.4 Å². The van der Waals surface area contributed by atoms with Crippen LogP contribution in [0.1, 0.15) is 0 Å². The summed E-state index contributed by atoms with van der Waals surface area (Å²) in [6.45, 7) is 0. The van der Waals surface area contributed by atoms with Crippen LogP contribution in [-0.4, -0.2) is 29.4 Å². The van der Waals surface area contributed by atoms with Crippen LogP contribution in [0.25, 0.3) is 0 Å². The maximum atomic E-state index is 12.4. The first-order valence-electron chi connectivity index (χ1n) is 3.01. The minimum Gasteiger partial charge on any atom is -0.269 e. The number of rotatable bonds is 2. The van der Waals surface area contributed by atoms with Crippen LogP contribution in [0.2, 0.25) is 0 Å². The Morgan fingerprint density at radius 2 is 1.50 bits per heavy atom. The molecule has 1 aliphatic heterocycles. The van der Waals surface area contributed by atoms with Crippen LogP contribution in [-0.2, 0) is 9.59 Å². The number of alkyl halides is 3. The molecule has 1 rings (SSSR count). The summed E-state index contributed by atoms with van der Waals surface area (Å²) < 4.78 is 35.8.